The Morgan fingerprint density at radius 2 is 2.05 bits per heavy atom. The van der Waals surface area contributed by atoms with Gasteiger partial charge in [0.25, 0.3) is 0 Å². The van der Waals surface area contributed by atoms with Crippen LogP contribution in [-0.4, -0.2) is 19.7 Å². The first-order valence-corrected chi connectivity index (χ1v) is 6.26. The molecule has 0 spiro atoms. The fraction of sp³-hybridized carbons (Fsp3) is 0.133. The van der Waals surface area contributed by atoms with Crippen LogP contribution in [0.2, 0.25) is 0 Å². The highest BCUT2D eigenvalue weighted by Gasteiger charge is 2.06. The van der Waals surface area contributed by atoms with Gasteiger partial charge in [-0.3, -0.25) is 14.6 Å². The van der Waals surface area contributed by atoms with Crippen molar-refractivity contribution in [1.82, 2.24) is 19.7 Å². The van der Waals surface area contributed by atoms with Gasteiger partial charge < -0.3 is 4.74 Å². The molecule has 100 valence electrons. The fourth-order valence-corrected chi connectivity index (χ4v) is 1.87. The van der Waals surface area contributed by atoms with Crippen LogP contribution in [0.4, 0.5) is 0 Å². The topological polar surface area (TPSA) is 52.8 Å². The third-order valence-electron chi connectivity index (χ3n) is 2.95. The van der Waals surface area contributed by atoms with Crippen LogP contribution in [0.1, 0.15) is 5.56 Å². The third-order valence-corrected chi connectivity index (χ3v) is 2.95. The maximum absolute atomic E-state index is 5.85. The van der Waals surface area contributed by atoms with E-state index in [0.29, 0.717) is 0 Å². The molecular weight excluding hydrogens is 252 g/mol. The van der Waals surface area contributed by atoms with Gasteiger partial charge >= 0.3 is 0 Å². The molecule has 3 heterocycles. The average Bonchev–Trinajstić information content (AvgIpc) is 2.89. The normalized spacial score (nSPS) is 10.5. The minimum absolute atomic E-state index is 0.731. The second-order valence-corrected chi connectivity index (χ2v) is 4.52. The summed E-state index contributed by atoms with van der Waals surface area (Å²) in [5.74, 6) is 1.48. The van der Waals surface area contributed by atoms with E-state index >= 15 is 0 Å². The second kappa shape index (κ2) is 5.13. The minimum atomic E-state index is 0.731. The molecule has 0 bridgehead atoms. The number of pyridine rings is 2. The summed E-state index contributed by atoms with van der Waals surface area (Å²) in [6.07, 6.45) is 8.88. The molecule has 0 aromatic carbocycles. The van der Waals surface area contributed by atoms with Crippen LogP contribution in [0, 0.1) is 6.92 Å². The van der Waals surface area contributed by atoms with Crippen molar-refractivity contribution in [3.8, 4) is 22.8 Å². The fourth-order valence-electron chi connectivity index (χ4n) is 1.87. The van der Waals surface area contributed by atoms with E-state index in [0.717, 1.165) is 28.3 Å². The maximum atomic E-state index is 5.85. The van der Waals surface area contributed by atoms with Crippen LogP contribution in [0.15, 0.2) is 49.2 Å². The van der Waals surface area contributed by atoms with Gasteiger partial charge in [0.05, 0.1) is 18.1 Å². The lowest BCUT2D eigenvalue weighted by Gasteiger charge is -2.08. The van der Waals surface area contributed by atoms with Crippen LogP contribution in [0.5, 0.6) is 11.5 Å². The Bertz CT molecular complexity index is 736. The molecule has 0 N–H and O–H groups in total. The van der Waals surface area contributed by atoms with Crippen LogP contribution >= 0.6 is 0 Å². The molecule has 3 rings (SSSR count). The summed E-state index contributed by atoms with van der Waals surface area (Å²) in [5.41, 5.74) is 2.83. The van der Waals surface area contributed by atoms with Crippen molar-refractivity contribution in [3.63, 3.8) is 0 Å². The molecule has 3 aromatic rings. The molecule has 0 amide bonds. The minimum Gasteiger partial charge on any atom is -0.455 e. The van der Waals surface area contributed by atoms with Crippen molar-refractivity contribution in [1.29, 1.82) is 0 Å². The molecule has 0 aliphatic rings. The van der Waals surface area contributed by atoms with E-state index in [9.17, 15) is 0 Å². The van der Waals surface area contributed by atoms with Crippen molar-refractivity contribution in [2.75, 3.05) is 0 Å². The molecule has 0 atom stereocenters. The van der Waals surface area contributed by atoms with Gasteiger partial charge in [-0.05, 0) is 24.6 Å². The van der Waals surface area contributed by atoms with E-state index in [-0.39, 0.29) is 0 Å². The number of hydrogen-bond acceptors (Lipinski definition) is 4. The van der Waals surface area contributed by atoms with E-state index in [4.69, 9.17) is 4.74 Å². The predicted octanol–water partition coefficient (Wildman–Crippen LogP) is 2.98. The molecule has 0 radical (unpaired) electrons. The van der Waals surface area contributed by atoms with Crippen molar-refractivity contribution in [2.24, 2.45) is 7.05 Å². The zero-order valence-corrected chi connectivity index (χ0v) is 11.3. The van der Waals surface area contributed by atoms with Gasteiger partial charge in [0.15, 0.2) is 0 Å². The van der Waals surface area contributed by atoms with Crippen molar-refractivity contribution in [3.05, 3.63) is 54.7 Å². The number of rotatable bonds is 3. The Hall–Kier alpha value is -2.69. The summed E-state index contributed by atoms with van der Waals surface area (Å²) >= 11 is 0. The van der Waals surface area contributed by atoms with E-state index < -0.39 is 0 Å². The Labute approximate surface area is 116 Å². The number of aromatic nitrogens is 4. The zero-order valence-electron chi connectivity index (χ0n) is 11.3. The quantitative estimate of drug-likeness (QED) is 0.731. The van der Waals surface area contributed by atoms with Gasteiger partial charge in [0.2, 0.25) is 0 Å². The average molecular weight is 266 g/mol. The highest BCUT2D eigenvalue weighted by molar-refractivity contribution is 5.58. The SMILES string of the molecule is Cc1ccncc1Oc1ccnc(-c2cnn(C)c2)c1. The Morgan fingerprint density at radius 1 is 1.15 bits per heavy atom. The number of ether oxygens (including phenoxy) is 1. The van der Waals surface area contributed by atoms with E-state index in [1.807, 2.05) is 38.4 Å². The van der Waals surface area contributed by atoms with Crippen molar-refractivity contribution >= 4 is 0 Å². The molecule has 0 aliphatic carbocycles. The third kappa shape index (κ3) is 2.51. The molecule has 0 saturated carbocycles. The largest absolute Gasteiger partial charge is 0.455 e. The monoisotopic (exact) mass is 266 g/mol. The van der Waals surface area contributed by atoms with Gasteiger partial charge in [-0.15, -0.1) is 0 Å². The van der Waals surface area contributed by atoms with E-state index in [2.05, 4.69) is 15.1 Å². The van der Waals surface area contributed by atoms with Gasteiger partial charge in [0.1, 0.15) is 11.5 Å². The molecule has 5 nitrogen and oxygen atoms in total. The summed E-state index contributed by atoms with van der Waals surface area (Å²) in [7, 11) is 1.88. The summed E-state index contributed by atoms with van der Waals surface area (Å²) in [6.45, 7) is 1.99. The van der Waals surface area contributed by atoms with Crippen molar-refractivity contribution < 1.29 is 4.74 Å². The molecule has 3 aromatic heterocycles. The Morgan fingerprint density at radius 3 is 2.80 bits per heavy atom. The van der Waals surface area contributed by atoms with Crippen LogP contribution < -0.4 is 4.74 Å². The lowest BCUT2D eigenvalue weighted by Crippen LogP contribution is -1.90. The molecule has 0 aliphatic heterocycles. The van der Waals surface area contributed by atoms with Crippen molar-refractivity contribution in [2.45, 2.75) is 6.92 Å². The summed E-state index contributed by atoms with van der Waals surface area (Å²) in [4.78, 5) is 8.41. The Kier molecular flexibility index (Phi) is 3.16. The zero-order chi connectivity index (χ0) is 13.9. The van der Waals surface area contributed by atoms with E-state index in [1.165, 1.54) is 0 Å². The maximum Gasteiger partial charge on any atom is 0.148 e. The Balaban J connectivity index is 1.90. The van der Waals surface area contributed by atoms with Gasteiger partial charge in [-0.25, -0.2) is 0 Å². The highest BCUT2D eigenvalue weighted by atomic mass is 16.5. The van der Waals surface area contributed by atoms with Gasteiger partial charge in [-0.2, -0.15) is 5.10 Å². The van der Waals surface area contributed by atoms with Gasteiger partial charge in [0, 0.05) is 37.3 Å². The first-order valence-electron chi connectivity index (χ1n) is 6.26. The van der Waals surface area contributed by atoms with E-state index in [1.54, 1.807) is 29.5 Å². The van der Waals surface area contributed by atoms with Gasteiger partial charge in [-0.1, -0.05) is 0 Å². The smallest absolute Gasteiger partial charge is 0.148 e. The first kappa shape index (κ1) is 12.3. The second-order valence-electron chi connectivity index (χ2n) is 4.52. The number of aryl methyl sites for hydroxylation is 2. The molecule has 0 unspecified atom stereocenters. The summed E-state index contributed by atoms with van der Waals surface area (Å²) in [6, 6.07) is 5.63. The molecule has 5 heteroatoms. The molecule has 0 saturated heterocycles. The number of nitrogens with zero attached hydrogens (tertiary/aromatic N) is 4. The number of hydrogen-bond donors (Lipinski definition) is 0. The standard InChI is InChI=1S/C15H14N4O/c1-11-3-5-16-9-15(11)20-13-4-6-17-14(7-13)12-8-18-19(2)10-12/h3-10H,1-2H3. The lowest BCUT2D eigenvalue weighted by atomic mass is 10.2. The lowest BCUT2D eigenvalue weighted by molar-refractivity contribution is 0.476. The van der Waals surface area contributed by atoms with Crippen LogP contribution in [0.3, 0.4) is 0 Å². The summed E-state index contributed by atoms with van der Waals surface area (Å²) in [5, 5.41) is 4.15. The van der Waals surface area contributed by atoms with Crippen LogP contribution in [-0.2, 0) is 7.05 Å². The highest BCUT2D eigenvalue weighted by Crippen LogP contribution is 2.26. The molecule has 0 fully saturated rings. The predicted molar refractivity (Wildman–Crippen MR) is 75.5 cm³/mol. The molecule has 20 heavy (non-hydrogen) atoms. The summed E-state index contributed by atoms with van der Waals surface area (Å²) < 4.78 is 7.59. The molecular formula is C15H14N4O. The van der Waals surface area contributed by atoms with Crippen LogP contribution in [0.25, 0.3) is 11.3 Å². The first-order chi connectivity index (χ1) is 9.72.